The molecule has 1 aromatic rings. The number of anilines is 1. The minimum Gasteiger partial charge on any atom is -0.397 e. The summed E-state index contributed by atoms with van der Waals surface area (Å²) < 4.78 is 0. The van der Waals surface area contributed by atoms with Gasteiger partial charge in [0.25, 0.3) is 0 Å². The fraction of sp³-hybridized carbons (Fsp3) is 0.571. The maximum absolute atomic E-state index is 11.9. The van der Waals surface area contributed by atoms with Crippen LogP contribution in [0.5, 0.6) is 0 Å². The summed E-state index contributed by atoms with van der Waals surface area (Å²) in [6.07, 6.45) is 5.65. The van der Waals surface area contributed by atoms with E-state index in [0.717, 1.165) is 31.2 Å². The van der Waals surface area contributed by atoms with E-state index in [1.54, 1.807) is 18.3 Å². The zero-order chi connectivity index (χ0) is 13.2. The summed E-state index contributed by atoms with van der Waals surface area (Å²) in [6.45, 7) is 2.13. The number of nitrogens with one attached hydrogen (secondary N) is 1. The van der Waals surface area contributed by atoms with Crippen molar-refractivity contribution in [2.24, 2.45) is 0 Å². The molecule has 0 radical (unpaired) electrons. The van der Waals surface area contributed by atoms with Gasteiger partial charge in [0.05, 0.1) is 18.3 Å². The Kier molecular flexibility index (Phi) is 6.71. The second-order valence-electron chi connectivity index (χ2n) is 5.54. The molecule has 2 heterocycles. The Balaban J connectivity index is 0.00000110. The fourth-order valence-corrected chi connectivity index (χ4v) is 2.66. The van der Waals surface area contributed by atoms with Crippen molar-refractivity contribution in [1.29, 1.82) is 0 Å². The molecule has 0 aromatic carbocycles. The number of carbonyl (C=O) groups excluding carboxylic acids is 1. The van der Waals surface area contributed by atoms with Crippen LogP contribution in [0.1, 0.15) is 25.0 Å². The molecule has 1 amide bonds. The molecule has 5 nitrogen and oxygen atoms in total. The van der Waals surface area contributed by atoms with Crippen molar-refractivity contribution in [1.82, 2.24) is 15.2 Å². The smallest absolute Gasteiger partial charge is 0.226 e. The van der Waals surface area contributed by atoms with Crippen LogP contribution in [0.2, 0.25) is 0 Å². The second kappa shape index (κ2) is 7.82. The number of hydrogen-bond donors (Lipinski definition) is 2. The monoisotopic (exact) mass is 332 g/mol. The van der Waals surface area contributed by atoms with Gasteiger partial charge in [0, 0.05) is 30.9 Å². The number of pyridine rings is 1. The molecule has 2 fully saturated rings. The van der Waals surface area contributed by atoms with Gasteiger partial charge in [-0.15, -0.1) is 24.8 Å². The van der Waals surface area contributed by atoms with Crippen molar-refractivity contribution in [2.45, 2.75) is 37.8 Å². The molecule has 7 heteroatoms. The molecule has 1 unspecified atom stereocenters. The summed E-state index contributed by atoms with van der Waals surface area (Å²) in [5, 5.41) is 3.10. The lowest BCUT2D eigenvalue weighted by atomic mass is 10.2. The topological polar surface area (TPSA) is 71.2 Å². The molecule has 1 atom stereocenters. The number of amides is 1. The van der Waals surface area contributed by atoms with E-state index < -0.39 is 0 Å². The number of nitrogens with two attached hydrogens (primary N) is 1. The summed E-state index contributed by atoms with van der Waals surface area (Å²) in [6, 6.07) is 4.68. The lowest BCUT2D eigenvalue weighted by Gasteiger charge is -2.15. The molecule has 2 aliphatic rings. The summed E-state index contributed by atoms with van der Waals surface area (Å²) >= 11 is 0. The average Bonchev–Trinajstić information content (AvgIpc) is 3.14. The maximum Gasteiger partial charge on any atom is 0.226 e. The number of hydrogen-bond acceptors (Lipinski definition) is 4. The van der Waals surface area contributed by atoms with Gasteiger partial charge in [0.1, 0.15) is 0 Å². The van der Waals surface area contributed by atoms with Gasteiger partial charge in [-0.05, 0) is 31.4 Å². The average molecular weight is 333 g/mol. The molecule has 1 aliphatic heterocycles. The lowest BCUT2D eigenvalue weighted by Crippen LogP contribution is -2.38. The van der Waals surface area contributed by atoms with Crippen molar-refractivity contribution in [3.05, 3.63) is 24.0 Å². The van der Waals surface area contributed by atoms with Crippen LogP contribution in [0, 0.1) is 0 Å². The highest BCUT2D eigenvalue weighted by Crippen LogP contribution is 2.29. The maximum atomic E-state index is 11.9. The summed E-state index contributed by atoms with van der Waals surface area (Å²) in [5.74, 6) is 0.0555. The Labute approximate surface area is 137 Å². The summed E-state index contributed by atoms with van der Waals surface area (Å²) in [5.41, 5.74) is 6.96. The molecule has 3 rings (SSSR count). The van der Waals surface area contributed by atoms with Crippen molar-refractivity contribution in [3.8, 4) is 0 Å². The molecule has 0 bridgehead atoms. The zero-order valence-corrected chi connectivity index (χ0v) is 13.5. The number of aromatic nitrogens is 1. The number of nitrogens with zero attached hydrogens (tertiary/aromatic N) is 2. The van der Waals surface area contributed by atoms with Crippen LogP contribution in [0.4, 0.5) is 5.69 Å². The standard InChI is InChI=1S/C14H20N4O.2ClH/c15-10-1-2-11(16-8-10)7-14(19)17-12-5-6-18(9-12)13-3-4-13;;/h1-2,8,12-13H,3-7,9,15H2,(H,17,19);2*1H. The third-order valence-corrected chi connectivity index (χ3v) is 3.84. The van der Waals surface area contributed by atoms with Gasteiger partial charge in [-0.2, -0.15) is 0 Å². The molecule has 1 aliphatic carbocycles. The second-order valence-corrected chi connectivity index (χ2v) is 5.54. The zero-order valence-electron chi connectivity index (χ0n) is 11.8. The van der Waals surface area contributed by atoms with E-state index in [4.69, 9.17) is 5.73 Å². The van der Waals surface area contributed by atoms with Crippen LogP contribution in [0.25, 0.3) is 0 Å². The summed E-state index contributed by atoms with van der Waals surface area (Å²) in [7, 11) is 0. The number of nitrogen functional groups attached to an aromatic ring is 1. The van der Waals surface area contributed by atoms with E-state index in [1.165, 1.54) is 12.8 Å². The Morgan fingerprint density at radius 3 is 2.71 bits per heavy atom. The van der Waals surface area contributed by atoms with Gasteiger partial charge in [-0.3, -0.25) is 14.7 Å². The Morgan fingerprint density at radius 2 is 2.10 bits per heavy atom. The van der Waals surface area contributed by atoms with Crippen LogP contribution in [0.15, 0.2) is 18.3 Å². The minimum atomic E-state index is 0. The van der Waals surface area contributed by atoms with E-state index in [2.05, 4.69) is 15.2 Å². The van der Waals surface area contributed by atoms with Gasteiger partial charge >= 0.3 is 0 Å². The van der Waals surface area contributed by atoms with Crippen molar-refractivity contribution in [3.63, 3.8) is 0 Å². The molecule has 118 valence electrons. The molecular formula is C14H22Cl2N4O. The van der Waals surface area contributed by atoms with Crippen LogP contribution in [-0.4, -0.2) is 41.0 Å². The molecule has 1 aromatic heterocycles. The van der Waals surface area contributed by atoms with Gasteiger partial charge in [0.15, 0.2) is 0 Å². The number of likely N-dealkylation sites (tertiary alicyclic amines) is 1. The van der Waals surface area contributed by atoms with E-state index >= 15 is 0 Å². The van der Waals surface area contributed by atoms with E-state index in [9.17, 15) is 4.79 Å². The van der Waals surface area contributed by atoms with E-state index in [1.807, 2.05) is 0 Å². The molecule has 1 saturated heterocycles. The lowest BCUT2D eigenvalue weighted by molar-refractivity contribution is -0.121. The van der Waals surface area contributed by atoms with Crippen LogP contribution in [0.3, 0.4) is 0 Å². The van der Waals surface area contributed by atoms with Gasteiger partial charge in [0.2, 0.25) is 5.91 Å². The quantitative estimate of drug-likeness (QED) is 0.874. The first kappa shape index (κ1) is 18.0. The van der Waals surface area contributed by atoms with Crippen molar-refractivity contribution in [2.75, 3.05) is 18.8 Å². The Morgan fingerprint density at radius 1 is 1.33 bits per heavy atom. The first-order chi connectivity index (χ1) is 9.20. The molecule has 21 heavy (non-hydrogen) atoms. The molecule has 1 saturated carbocycles. The third-order valence-electron chi connectivity index (χ3n) is 3.84. The fourth-order valence-electron chi connectivity index (χ4n) is 2.66. The van der Waals surface area contributed by atoms with Gasteiger partial charge < -0.3 is 11.1 Å². The number of carbonyl (C=O) groups is 1. The number of rotatable bonds is 4. The highest BCUT2D eigenvalue weighted by atomic mass is 35.5. The van der Waals surface area contributed by atoms with Gasteiger partial charge in [-0.1, -0.05) is 0 Å². The predicted octanol–water partition coefficient (Wildman–Crippen LogP) is 1.40. The van der Waals surface area contributed by atoms with Crippen LogP contribution >= 0.6 is 24.8 Å². The summed E-state index contributed by atoms with van der Waals surface area (Å²) in [4.78, 5) is 18.6. The normalized spacial score (nSPS) is 21.2. The van der Waals surface area contributed by atoms with E-state index in [0.29, 0.717) is 18.2 Å². The van der Waals surface area contributed by atoms with Crippen LogP contribution < -0.4 is 11.1 Å². The molecular weight excluding hydrogens is 311 g/mol. The number of halogens is 2. The predicted molar refractivity (Wildman–Crippen MR) is 88.0 cm³/mol. The van der Waals surface area contributed by atoms with Crippen LogP contribution in [-0.2, 0) is 11.2 Å². The SMILES string of the molecule is Cl.Cl.Nc1ccc(CC(=O)NC2CCN(C3CC3)C2)nc1. The Hall–Kier alpha value is -1.04. The van der Waals surface area contributed by atoms with Crippen molar-refractivity contribution >= 4 is 36.4 Å². The van der Waals surface area contributed by atoms with E-state index in [-0.39, 0.29) is 30.7 Å². The minimum absolute atomic E-state index is 0. The third kappa shape index (κ3) is 5.02. The highest BCUT2D eigenvalue weighted by molar-refractivity contribution is 5.85. The van der Waals surface area contributed by atoms with Crippen molar-refractivity contribution < 1.29 is 4.79 Å². The first-order valence-electron chi connectivity index (χ1n) is 6.94. The molecule has 0 spiro atoms. The first-order valence-corrected chi connectivity index (χ1v) is 6.94. The highest BCUT2D eigenvalue weighted by Gasteiger charge is 2.34. The largest absolute Gasteiger partial charge is 0.397 e. The molecule has 3 N–H and O–H groups in total. The Bertz CT molecular complexity index is 465. The van der Waals surface area contributed by atoms with Gasteiger partial charge in [-0.25, -0.2) is 0 Å².